The van der Waals surface area contributed by atoms with Gasteiger partial charge in [0.2, 0.25) is 11.8 Å². The van der Waals surface area contributed by atoms with Crippen molar-refractivity contribution in [2.24, 2.45) is 5.41 Å². The second-order valence-corrected chi connectivity index (χ2v) is 6.12. The topological polar surface area (TPSA) is 90.5 Å². The van der Waals surface area contributed by atoms with Crippen LogP contribution >= 0.6 is 0 Å². The average molecular weight is 327 g/mol. The van der Waals surface area contributed by atoms with E-state index in [0.717, 1.165) is 0 Å². The third-order valence-corrected chi connectivity index (χ3v) is 3.71. The fourth-order valence-corrected chi connectivity index (χ4v) is 2.26. The number of aliphatic hydroxyl groups is 1. The van der Waals surface area contributed by atoms with E-state index in [4.69, 9.17) is 0 Å². The summed E-state index contributed by atoms with van der Waals surface area (Å²) in [4.78, 5) is 22.8. The molecule has 1 fully saturated rings. The molecule has 6 nitrogen and oxygen atoms in total. The van der Waals surface area contributed by atoms with Crippen LogP contribution in [-0.4, -0.2) is 35.7 Å². The van der Waals surface area contributed by atoms with Crippen molar-refractivity contribution < 1.29 is 19.1 Å². The Kier molecular flexibility index (Phi) is 6.90. The highest BCUT2D eigenvalue weighted by atomic mass is 19.1. The number of allylic oxidation sites excluding steroid dienone is 2. The lowest BCUT2D eigenvalue weighted by atomic mass is 9.89. The van der Waals surface area contributed by atoms with Gasteiger partial charge < -0.3 is 10.4 Å². The van der Waals surface area contributed by atoms with Gasteiger partial charge in [-0.2, -0.15) is 0 Å². The molecule has 130 valence electrons. The molecule has 0 spiro atoms. The van der Waals surface area contributed by atoms with E-state index in [1.54, 1.807) is 26.8 Å². The van der Waals surface area contributed by atoms with E-state index >= 15 is 0 Å². The number of halogens is 1. The number of aliphatic hydroxyl groups excluding tert-OH is 1. The molecule has 1 saturated heterocycles. The number of nitrogens with one attached hydrogen (secondary N) is 3. The molecule has 1 heterocycles. The molecule has 1 rings (SSSR count). The van der Waals surface area contributed by atoms with Gasteiger partial charge in [-0.05, 0) is 26.3 Å². The van der Waals surface area contributed by atoms with Gasteiger partial charge >= 0.3 is 0 Å². The molecular weight excluding hydrogens is 301 g/mol. The van der Waals surface area contributed by atoms with Crippen molar-refractivity contribution in [1.29, 1.82) is 0 Å². The van der Waals surface area contributed by atoms with Gasteiger partial charge in [0.1, 0.15) is 12.1 Å². The molecule has 2 amide bonds. The van der Waals surface area contributed by atoms with E-state index in [9.17, 15) is 19.1 Å². The van der Waals surface area contributed by atoms with Crippen LogP contribution in [0, 0.1) is 5.41 Å². The molecule has 2 unspecified atom stereocenters. The summed E-state index contributed by atoms with van der Waals surface area (Å²) in [7, 11) is 0. The molecule has 0 saturated carbocycles. The van der Waals surface area contributed by atoms with E-state index in [2.05, 4.69) is 16.0 Å². The summed E-state index contributed by atoms with van der Waals surface area (Å²) < 4.78 is 14.3. The second kappa shape index (κ2) is 8.21. The van der Waals surface area contributed by atoms with Crippen molar-refractivity contribution in [3.8, 4) is 0 Å². The molecule has 0 aliphatic carbocycles. The average Bonchev–Trinajstić information content (AvgIpc) is 2.46. The Bertz CT molecular complexity index is 515. The number of carbonyl (C=O) groups is 2. The Hall–Kier alpha value is -1.73. The second-order valence-electron chi connectivity index (χ2n) is 6.12. The Balaban J connectivity index is 2.78. The first kappa shape index (κ1) is 19.3. The first-order chi connectivity index (χ1) is 10.7. The number of hydrogen-bond donors (Lipinski definition) is 4. The summed E-state index contributed by atoms with van der Waals surface area (Å²) in [6, 6.07) is -0.673. The van der Waals surface area contributed by atoms with E-state index in [0.29, 0.717) is 18.7 Å². The molecular formula is C16H26FN3O3. The maximum absolute atomic E-state index is 14.3. The highest BCUT2D eigenvalue weighted by Crippen LogP contribution is 2.26. The predicted octanol–water partition coefficient (Wildman–Crippen LogP) is 1.09. The predicted molar refractivity (Wildman–Crippen MR) is 85.7 cm³/mol. The monoisotopic (exact) mass is 327 g/mol. The minimum atomic E-state index is -1.14. The van der Waals surface area contributed by atoms with Gasteiger partial charge in [-0.1, -0.05) is 19.9 Å². The van der Waals surface area contributed by atoms with Crippen molar-refractivity contribution in [3.05, 3.63) is 23.7 Å². The van der Waals surface area contributed by atoms with Gasteiger partial charge in [-0.25, -0.2) is 4.39 Å². The van der Waals surface area contributed by atoms with Crippen LogP contribution in [0.1, 0.15) is 40.5 Å². The van der Waals surface area contributed by atoms with Gasteiger partial charge in [-0.3, -0.25) is 20.2 Å². The summed E-state index contributed by atoms with van der Waals surface area (Å²) in [5.41, 5.74) is -0.594. The number of piperidine rings is 1. The van der Waals surface area contributed by atoms with Crippen LogP contribution in [0.3, 0.4) is 0 Å². The first-order valence-electron chi connectivity index (χ1n) is 7.78. The lowest BCUT2D eigenvalue weighted by molar-refractivity contribution is -0.136. The van der Waals surface area contributed by atoms with E-state index in [1.807, 2.05) is 6.92 Å². The van der Waals surface area contributed by atoms with Crippen molar-refractivity contribution in [2.45, 2.75) is 52.8 Å². The first-order valence-corrected chi connectivity index (χ1v) is 7.78. The van der Waals surface area contributed by atoms with Gasteiger partial charge in [0.05, 0.1) is 11.7 Å². The Labute approximate surface area is 136 Å². The molecule has 4 N–H and O–H groups in total. The lowest BCUT2D eigenvalue weighted by Crippen LogP contribution is -2.56. The maximum atomic E-state index is 14.3. The van der Waals surface area contributed by atoms with Crippen LogP contribution in [0.4, 0.5) is 4.39 Å². The Morgan fingerprint density at radius 2 is 2.17 bits per heavy atom. The smallest absolute Gasteiger partial charge is 0.243 e. The molecule has 1 aliphatic heterocycles. The summed E-state index contributed by atoms with van der Waals surface area (Å²) in [5.74, 6) is -1.26. The minimum absolute atomic E-state index is 0.212. The summed E-state index contributed by atoms with van der Waals surface area (Å²) in [6.07, 6.45) is 2.31. The van der Waals surface area contributed by atoms with Crippen molar-refractivity contribution in [3.63, 3.8) is 0 Å². The van der Waals surface area contributed by atoms with Crippen LogP contribution in [0.25, 0.3) is 0 Å². The van der Waals surface area contributed by atoms with Crippen LogP contribution < -0.4 is 16.0 Å². The zero-order valence-corrected chi connectivity index (χ0v) is 14.1. The Morgan fingerprint density at radius 1 is 1.52 bits per heavy atom. The normalized spacial score (nSPS) is 21.9. The number of rotatable bonds is 7. The Morgan fingerprint density at radius 3 is 2.70 bits per heavy atom. The van der Waals surface area contributed by atoms with Gasteiger partial charge in [0.15, 0.2) is 0 Å². The van der Waals surface area contributed by atoms with Crippen LogP contribution in [-0.2, 0) is 9.59 Å². The van der Waals surface area contributed by atoms with Crippen molar-refractivity contribution >= 4 is 11.8 Å². The number of hydrogen-bond acceptors (Lipinski definition) is 5. The molecule has 0 aromatic rings. The zero-order chi connectivity index (χ0) is 17.6. The quantitative estimate of drug-likeness (QED) is 0.319. The van der Waals surface area contributed by atoms with Crippen LogP contribution in [0.15, 0.2) is 23.7 Å². The summed E-state index contributed by atoms with van der Waals surface area (Å²) in [5, 5.41) is 18.2. The standard InChI is InChI=1S/C16H26FN3O3/c1-5-11(18-6-2)10(17)9-16(3,4)15(23)19-12-7-8-13(21)20-14(12)22/h5,9,12,15,18-19,23H,6-8H2,1-4H3,(H,20,21,22)/b10-9+,11-5+. The minimum Gasteiger partial charge on any atom is -0.383 e. The molecule has 7 heteroatoms. The molecule has 0 radical (unpaired) electrons. The molecule has 1 aliphatic rings. The van der Waals surface area contributed by atoms with Crippen LogP contribution in [0.5, 0.6) is 0 Å². The molecule has 0 aromatic carbocycles. The highest BCUT2D eigenvalue weighted by Gasteiger charge is 2.33. The summed E-state index contributed by atoms with van der Waals surface area (Å²) >= 11 is 0. The number of imide groups is 1. The zero-order valence-electron chi connectivity index (χ0n) is 14.1. The maximum Gasteiger partial charge on any atom is 0.243 e. The van der Waals surface area contributed by atoms with Gasteiger partial charge in [-0.15, -0.1) is 0 Å². The van der Waals surface area contributed by atoms with Crippen molar-refractivity contribution in [1.82, 2.24) is 16.0 Å². The fourth-order valence-electron chi connectivity index (χ4n) is 2.26. The molecule has 23 heavy (non-hydrogen) atoms. The third-order valence-electron chi connectivity index (χ3n) is 3.71. The number of amides is 2. The van der Waals surface area contributed by atoms with E-state index < -0.39 is 29.4 Å². The molecule has 2 atom stereocenters. The highest BCUT2D eigenvalue weighted by molar-refractivity contribution is 6.00. The van der Waals surface area contributed by atoms with E-state index in [-0.39, 0.29) is 12.3 Å². The molecule has 0 bridgehead atoms. The number of carbonyl (C=O) groups excluding carboxylic acids is 2. The summed E-state index contributed by atoms with van der Waals surface area (Å²) in [6.45, 7) is 7.49. The van der Waals surface area contributed by atoms with Gasteiger partial charge in [0.25, 0.3) is 0 Å². The third kappa shape index (κ3) is 5.44. The van der Waals surface area contributed by atoms with Crippen LogP contribution in [0.2, 0.25) is 0 Å². The van der Waals surface area contributed by atoms with Crippen molar-refractivity contribution in [2.75, 3.05) is 6.54 Å². The van der Waals surface area contributed by atoms with E-state index in [1.165, 1.54) is 6.08 Å². The largest absolute Gasteiger partial charge is 0.383 e. The molecule has 0 aromatic heterocycles. The number of likely N-dealkylation sites (N-methyl/N-ethyl adjacent to an activating group) is 1. The lowest BCUT2D eigenvalue weighted by Gasteiger charge is -2.32. The fraction of sp³-hybridized carbons (Fsp3) is 0.625. The SMILES string of the molecule is C/C=C(NCC)\C(F)=C/C(C)(C)C(O)NC1CCC(=O)NC1=O. The van der Waals surface area contributed by atoms with Gasteiger partial charge in [0, 0.05) is 18.4 Å².